The van der Waals surface area contributed by atoms with Gasteiger partial charge in [0, 0.05) is 4.88 Å². The molecule has 0 saturated carbocycles. The van der Waals surface area contributed by atoms with Gasteiger partial charge in [-0.05, 0) is 49.8 Å². The third-order valence-electron chi connectivity index (χ3n) is 5.57. The molecule has 1 aromatic carbocycles. The van der Waals surface area contributed by atoms with Gasteiger partial charge in [0.15, 0.2) is 5.16 Å². The van der Waals surface area contributed by atoms with Gasteiger partial charge in [0.1, 0.15) is 4.83 Å². The summed E-state index contributed by atoms with van der Waals surface area (Å²) in [5.41, 5.74) is 1.85. The van der Waals surface area contributed by atoms with Crippen LogP contribution >= 0.6 is 23.1 Å². The average Bonchev–Trinajstić information content (AvgIpc) is 3.34. The predicted octanol–water partition coefficient (Wildman–Crippen LogP) is 3.87. The Morgan fingerprint density at radius 1 is 1.29 bits per heavy atom. The van der Waals surface area contributed by atoms with Crippen LogP contribution in [0, 0.1) is 5.92 Å². The summed E-state index contributed by atoms with van der Waals surface area (Å²) in [6, 6.07) is 9.52. The summed E-state index contributed by atoms with van der Waals surface area (Å²) in [5.74, 6) is 0.909. The maximum atomic E-state index is 13.7. The van der Waals surface area contributed by atoms with Gasteiger partial charge in [0.2, 0.25) is 5.78 Å². The lowest BCUT2D eigenvalue weighted by Gasteiger charge is -2.17. The van der Waals surface area contributed by atoms with E-state index >= 15 is 0 Å². The van der Waals surface area contributed by atoms with E-state index in [0.29, 0.717) is 23.5 Å². The third kappa shape index (κ3) is 3.45. The molecule has 4 aromatic rings. The molecule has 160 valence electrons. The lowest BCUT2D eigenvalue weighted by molar-refractivity contribution is -0.139. The lowest BCUT2D eigenvalue weighted by Crippen LogP contribution is -2.22. The van der Waals surface area contributed by atoms with Crippen molar-refractivity contribution < 1.29 is 9.53 Å². The first-order valence-corrected chi connectivity index (χ1v) is 12.2. The van der Waals surface area contributed by atoms with Gasteiger partial charge in [-0.1, -0.05) is 36.9 Å². The van der Waals surface area contributed by atoms with E-state index in [1.54, 1.807) is 22.8 Å². The summed E-state index contributed by atoms with van der Waals surface area (Å²) in [5, 5.41) is 10.0. The molecule has 0 fully saturated rings. The number of aryl methyl sites for hydroxylation is 1. The molecular formula is C22H22N4O3S2. The van der Waals surface area contributed by atoms with Gasteiger partial charge < -0.3 is 4.74 Å². The smallest absolute Gasteiger partial charge is 0.316 e. The maximum absolute atomic E-state index is 13.7. The molecule has 1 atom stereocenters. The lowest BCUT2D eigenvalue weighted by atomic mass is 9.89. The molecule has 31 heavy (non-hydrogen) atoms. The number of thioether (sulfide) groups is 1. The number of thiophene rings is 1. The highest BCUT2D eigenvalue weighted by molar-refractivity contribution is 7.99. The van der Waals surface area contributed by atoms with Crippen molar-refractivity contribution in [2.24, 2.45) is 5.92 Å². The number of nitrogens with zero attached hydrogens (tertiary/aromatic N) is 4. The molecule has 0 aliphatic heterocycles. The van der Waals surface area contributed by atoms with Crippen molar-refractivity contribution in [2.75, 3.05) is 12.4 Å². The molecule has 0 amide bonds. The fourth-order valence-electron chi connectivity index (χ4n) is 4.13. The van der Waals surface area contributed by atoms with Gasteiger partial charge in [-0.3, -0.25) is 9.59 Å². The molecule has 3 heterocycles. The molecule has 0 radical (unpaired) electrons. The summed E-state index contributed by atoms with van der Waals surface area (Å²) < 4.78 is 8.63. The van der Waals surface area contributed by atoms with Gasteiger partial charge in [-0.25, -0.2) is 8.97 Å². The third-order valence-corrected chi connectivity index (χ3v) is 7.71. The minimum absolute atomic E-state index is 0.0601. The van der Waals surface area contributed by atoms with Crippen LogP contribution in [0.25, 0.3) is 21.7 Å². The largest absolute Gasteiger partial charge is 0.465 e. The number of hydrogen-bond donors (Lipinski definition) is 0. The first-order chi connectivity index (χ1) is 15.1. The Balaban J connectivity index is 1.78. The van der Waals surface area contributed by atoms with E-state index in [4.69, 9.17) is 4.74 Å². The van der Waals surface area contributed by atoms with Crippen molar-refractivity contribution in [3.63, 3.8) is 0 Å². The molecule has 0 saturated heterocycles. The van der Waals surface area contributed by atoms with E-state index in [1.807, 2.05) is 34.7 Å². The van der Waals surface area contributed by atoms with Crippen LogP contribution in [-0.4, -0.2) is 37.5 Å². The Bertz CT molecular complexity index is 1340. The van der Waals surface area contributed by atoms with Crippen LogP contribution in [-0.2, 0) is 22.4 Å². The Labute approximate surface area is 187 Å². The number of ether oxygens (including phenoxy) is 1. The molecule has 1 aliphatic carbocycles. The Hall–Kier alpha value is -2.65. The number of fused-ring (bicyclic) bond motifs is 5. The van der Waals surface area contributed by atoms with E-state index in [1.165, 1.54) is 16.6 Å². The Morgan fingerprint density at radius 3 is 2.87 bits per heavy atom. The van der Waals surface area contributed by atoms with E-state index < -0.39 is 0 Å². The van der Waals surface area contributed by atoms with Crippen molar-refractivity contribution in [3.05, 3.63) is 51.1 Å². The molecule has 0 bridgehead atoms. The first-order valence-electron chi connectivity index (χ1n) is 10.4. The molecule has 3 aromatic heterocycles. The molecule has 0 N–H and O–H groups in total. The summed E-state index contributed by atoms with van der Waals surface area (Å²) in [7, 11) is 0. The number of carbonyl (C=O) groups is 1. The molecule has 9 heteroatoms. The number of para-hydroxylation sites is 1. The second-order valence-electron chi connectivity index (χ2n) is 7.72. The molecule has 0 spiro atoms. The van der Waals surface area contributed by atoms with E-state index in [0.717, 1.165) is 40.7 Å². The first kappa shape index (κ1) is 20.3. The Morgan fingerprint density at radius 2 is 2.10 bits per heavy atom. The quantitative estimate of drug-likeness (QED) is 0.336. The van der Waals surface area contributed by atoms with Crippen LogP contribution in [0.4, 0.5) is 0 Å². The van der Waals surface area contributed by atoms with E-state index in [9.17, 15) is 9.59 Å². The summed E-state index contributed by atoms with van der Waals surface area (Å²) in [6.07, 6.45) is 2.96. The van der Waals surface area contributed by atoms with Crippen LogP contribution in [0.15, 0.2) is 40.3 Å². The van der Waals surface area contributed by atoms with Crippen LogP contribution < -0.4 is 5.56 Å². The fourth-order valence-corrected chi connectivity index (χ4v) is 6.42. The van der Waals surface area contributed by atoms with Crippen LogP contribution in [0.2, 0.25) is 0 Å². The fraction of sp³-hybridized carbons (Fsp3) is 0.364. The number of rotatable bonds is 5. The average molecular weight is 455 g/mol. The molecular weight excluding hydrogens is 432 g/mol. The van der Waals surface area contributed by atoms with Crippen molar-refractivity contribution in [3.8, 4) is 5.69 Å². The maximum Gasteiger partial charge on any atom is 0.316 e. The monoisotopic (exact) mass is 454 g/mol. The zero-order chi connectivity index (χ0) is 21.5. The van der Waals surface area contributed by atoms with Gasteiger partial charge >= 0.3 is 5.97 Å². The number of benzene rings is 1. The van der Waals surface area contributed by atoms with Crippen molar-refractivity contribution >= 4 is 45.1 Å². The molecule has 1 unspecified atom stereocenters. The summed E-state index contributed by atoms with van der Waals surface area (Å²) in [4.78, 5) is 27.8. The Kier molecular flexibility index (Phi) is 5.31. The summed E-state index contributed by atoms with van der Waals surface area (Å²) >= 11 is 2.94. The van der Waals surface area contributed by atoms with E-state index in [-0.39, 0.29) is 17.3 Å². The number of hydrogen-bond acceptors (Lipinski definition) is 7. The number of carbonyl (C=O) groups excluding carboxylic acids is 1. The molecule has 7 nitrogen and oxygen atoms in total. The van der Waals surface area contributed by atoms with E-state index in [2.05, 4.69) is 17.1 Å². The standard InChI is InChI=1S/C22H22N4O3S2/c1-3-29-17(27)12-30-22-24-23-21-25(14-7-5-4-6-8-14)19(28)18-15-10-9-13(2)11-16(15)31-20(18)26(21)22/h4-8,13H,3,9-12H2,1-2H3. The van der Waals surface area contributed by atoms with Crippen molar-refractivity contribution in [2.45, 2.75) is 38.3 Å². The topological polar surface area (TPSA) is 78.5 Å². The second-order valence-corrected chi connectivity index (χ2v) is 9.75. The second kappa shape index (κ2) is 8.12. The SMILES string of the molecule is CCOC(=O)CSc1nnc2n(-c3ccccc3)c(=O)c3c4c(sc3n12)CC(C)CC4. The number of aromatic nitrogens is 4. The molecule has 5 rings (SSSR count). The highest BCUT2D eigenvalue weighted by Crippen LogP contribution is 2.38. The molecule has 1 aliphatic rings. The van der Waals surface area contributed by atoms with Crippen molar-refractivity contribution in [1.29, 1.82) is 0 Å². The highest BCUT2D eigenvalue weighted by atomic mass is 32.2. The zero-order valence-electron chi connectivity index (χ0n) is 17.3. The van der Waals surface area contributed by atoms with Crippen LogP contribution in [0.5, 0.6) is 0 Å². The number of esters is 1. The van der Waals surface area contributed by atoms with Gasteiger partial charge in [-0.15, -0.1) is 21.5 Å². The normalized spacial score (nSPS) is 16.0. The van der Waals surface area contributed by atoms with Gasteiger partial charge in [0.05, 0.1) is 23.4 Å². The zero-order valence-corrected chi connectivity index (χ0v) is 19.0. The van der Waals surface area contributed by atoms with Crippen LogP contribution in [0.1, 0.15) is 30.7 Å². The minimum atomic E-state index is -0.295. The van der Waals surface area contributed by atoms with Crippen molar-refractivity contribution in [1.82, 2.24) is 19.2 Å². The van der Waals surface area contributed by atoms with Gasteiger partial charge in [-0.2, -0.15) is 0 Å². The minimum Gasteiger partial charge on any atom is -0.465 e. The predicted molar refractivity (Wildman–Crippen MR) is 123 cm³/mol. The van der Waals surface area contributed by atoms with Gasteiger partial charge in [0.25, 0.3) is 5.56 Å². The summed E-state index contributed by atoms with van der Waals surface area (Å²) in [6.45, 7) is 4.38. The van der Waals surface area contributed by atoms with Crippen LogP contribution in [0.3, 0.4) is 0 Å². The highest BCUT2D eigenvalue weighted by Gasteiger charge is 2.27.